The van der Waals surface area contributed by atoms with Crippen molar-refractivity contribution in [2.75, 3.05) is 0 Å². The lowest BCUT2D eigenvalue weighted by Gasteiger charge is -2.31. The Hall–Kier alpha value is -1.77. The first kappa shape index (κ1) is 10.2. The molecule has 18 heavy (non-hydrogen) atoms. The molecule has 0 aliphatic carbocycles. The number of carbonyl (C=O) groups is 1. The van der Waals surface area contributed by atoms with E-state index in [9.17, 15) is 4.79 Å². The zero-order valence-corrected chi connectivity index (χ0v) is 10.4. The molecule has 3 nitrogen and oxygen atoms in total. The van der Waals surface area contributed by atoms with Crippen LogP contribution in [0.25, 0.3) is 10.9 Å². The van der Waals surface area contributed by atoms with Crippen LogP contribution in [0.3, 0.4) is 0 Å². The number of aromatic nitrogens is 1. The summed E-state index contributed by atoms with van der Waals surface area (Å²) in [6, 6.07) is 7.25. The van der Waals surface area contributed by atoms with E-state index in [-0.39, 0.29) is 0 Å². The van der Waals surface area contributed by atoms with E-state index >= 15 is 0 Å². The molecule has 2 aliphatic rings. The number of carbonyl (C=O) groups excluding carboxylic acids is 1. The second kappa shape index (κ2) is 3.37. The summed E-state index contributed by atoms with van der Waals surface area (Å²) in [5.74, 6) is 0. The van der Waals surface area contributed by atoms with Crippen LogP contribution in [-0.4, -0.2) is 22.3 Å². The summed E-state index contributed by atoms with van der Waals surface area (Å²) in [5, 5.41) is 1.31. The molecular weight excluding hydrogens is 224 g/mol. The number of hydrogen-bond acceptors (Lipinski definition) is 1. The van der Waals surface area contributed by atoms with Gasteiger partial charge < -0.3 is 9.88 Å². The minimum atomic E-state index is 0.298. The van der Waals surface area contributed by atoms with Gasteiger partial charge in [0.1, 0.15) is 0 Å². The van der Waals surface area contributed by atoms with Gasteiger partial charge >= 0.3 is 0 Å². The number of fused-ring (bicyclic) bond motifs is 6. The van der Waals surface area contributed by atoms with E-state index in [0.29, 0.717) is 12.1 Å². The van der Waals surface area contributed by atoms with Gasteiger partial charge in [0.2, 0.25) is 6.41 Å². The first-order valence-corrected chi connectivity index (χ1v) is 6.62. The monoisotopic (exact) mass is 240 g/mol. The molecule has 2 aromatic rings. The molecule has 2 unspecified atom stereocenters. The van der Waals surface area contributed by atoms with E-state index < -0.39 is 0 Å². The van der Waals surface area contributed by atoms with Gasteiger partial charge in [0.05, 0.1) is 6.04 Å². The lowest BCUT2D eigenvalue weighted by Crippen LogP contribution is -2.36. The molecule has 1 amide bonds. The molecule has 1 aromatic heterocycles. The minimum absolute atomic E-state index is 0.298. The summed E-state index contributed by atoms with van der Waals surface area (Å²) in [6.07, 6.45) is 4.27. The number of hydrogen-bond donors (Lipinski definition) is 1. The Morgan fingerprint density at radius 3 is 3.11 bits per heavy atom. The molecule has 3 heterocycles. The van der Waals surface area contributed by atoms with Crippen LogP contribution >= 0.6 is 0 Å². The Morgan fingerprint density at radius 1 is 1.39 bits per heavy atom. The van der Waals surface area contributed by atoms with Crippen LogP contribution in [-0.2, 0) is 11.2 Å². The van der Waals surface area contributed by atoms with Crippen LogP contribution in [0.5, 0.6) is 0 Å². The number of aryl methyl sites for hydroxylation is 1. The third kappa shape index (κ3) is 1.17. The number of aromatic amines is 1. The fraction of sp³-hybridized carbons (Fsp3) is 0.400. The molecule has 0 saturated carbocycles. The Bertz CT molecular complexity index is 643. The highest BCUT2D eigenvalue weighted by molar-refractivity contribution is 5.86. The zero-order chi connectivity index (χ0) is 12.3. The smallest absolute Gasteiger partial charge is 0.210 e. The third-order valence-corrected chi connectivity index (χ3v) is 4.53. The predicted octanol–water partition coefficient (Wildman–Crippen LogP) is 2.69. The summed E-state index contributed by atoms with van der Waals surface area (Å²) in [7, 11) is 0. The highest BCUT2D eigenvalue weighted by atomic mass is 16.1. The Kier molecular flexibility index (Phi) is 1.91. The van der Waals surface area contributed by atoms with Crippen LogP contribution in [0.15, 0.2) is 18.2 Å². The van der Waals surface area contributed by atoms with E-state index in [4.69, 9.17) is 0 Å². The van der Waals surface area contributed by atoms with Crippen molar-refractivity contribution in [1.82, 2.24) is 9.88 Å². The van der Waals surface area contributed by atoms with Gasteiger partial charge in [0, 0.05) is 34.6 Å². The van der Waals surface area contributed by atoms with Crippen LogP contribution in [0.1, 0.15) is 35.7 Å². The van der Waals surface area contributed by atoms with Crippen LogP contribution in [0, 0.1) is 6.92 Å². The maximum atomic E-state index is 11.3. The Morgan fingerprint density at radius 2 is 2.28 bits per heavy atom. The average Bonchev–Trinajstić information content (AvgIpc) is 2.86. The standard InChI is InChI=1S/C15H16N2O/c1-9-2-4-12-11(6-9)15-13(16-12)7-10-3-5-14(15)17(10)8-18/h2,4,6,8,10,14,16H,3,5,7H2,1H3. The van der Waals surface area contributed by atoms with Gasteiger partial charge in [-0.25, -0.2) is 0 Å². The van der Waals surface area contributed by atoms with Crippen molar-refractivity contribution in [2.24, 2.45) is 0 Å². The van der Waals surface area contributed by atoms with Crippen molar-refractivity contribution in [3.05, 3.63) is 35.0 Å². The van der Waals surface area contributed by atoms with Gasteiger partial charge in [-0.05, 0) is 31.9 Å². The van der Waals surface area contributed by atoms with Crippen molar-refractivity contribution >= 4 is 17.3 Å². The fourth-order valence-electron chi connectivity index (χ4n) is 3.72. The molecule has 0 spiro atoms. The van der Waals surface area contributed by atoms with Gasteiger partial charge in [-0.2, -0.15) is 0 Å². The highest BCUT2D eigenvalue weighted by Crippen LogP contribution is 2.45. The normalized spacial score (nSPS) is 25.5. The van der Waals surface area contributed by atoms with Crippen LogP contribution in [0.4, 0.5) is 0 Å². The summed E-state index contributed by atoms with van der Waals surface area (Å²) in [6.45, 7) is 2.12. The zero-order valence-electron chi connectivity index (χ0n) is 10.4. The van der Waals surface area contributed by atoms with Crippen molar-refractivity contribution in [2.45, 2.75) is 38.3 Å². The minimum Gasteiger partial charge on any atom is -0.358 e. The van der Waals surface area contributed by atoms with Crippen molar-refractivity contribution < 1.29 is 4.79 Å². The molecule has 1 fully saturated rings. The SMILES string of the molecule is Cc1ccc2[nH]c3c(c2c1)C1CCC(C3)N1C=O. The van der Waals surface area contributed by atoms with Crippen molar-refractivity contribution in [3.8, 4) is 0 Å². The molecule has 1 aromatic carbocycles. The van der Waals surface area contributed by atoms with E-state index in [1.165, 1.54) is 27.7 Å². The van der Waals surface area contributed by atoms with Crippen LogP contribution in [0.2, 0.25) is 0 Å². The quantitative estimate of drug-likeness (QED) is 0.764. The highest BCUT2D eigenvalue weighted by Gasteiger charge is 2.40. The van der Waals surface area contributed by atoms with Gasteiger partial charge in [0.25, 0.3) is 0 Å². The molecule has 4 rings (SSSR count). The first-order valence-electron chi connectivity index (χ1n) is 6.62. The Balaban J connectivity index is 1.99. The summed E-state index contributed by atoms with van der Waals surface area (Å²) in [5.41, 5.74) is 5.21. The second-order valence-corrected chi connectivity index (χ2v) is 5.57. The van der Waals surface area contributed by atoms with Crippen molar-refractivity contribution in [1.29, 1.82) is 0 Å². The first-order chi connectivity index (χ1) is 8.78. The lowest BCUT2D eigenvalue weighted by molar-refractivity contribution is -0.121. The summed E-state index contributed by atoms with van der Waals surface area (Å²) >= 11 is 0. The number of rotatable bonds is 1. The second-order valence-electron chi connectivity index (χ2n) is 5.57. The summed E-state index contributed by atoms with van der Waals surface area (Å²) < 4.78 is 0. The van der Waals surface area contributed by atoms with Gasteiger partial charge in [-0.1, -0.05) is 11.6 Å². The largest absolute Gasteiger partial charge is 0.358 e. The van der Waals surface area contributed by atoms with Gasteiger partial charge in [-0.15, -0.1) is 0 Å². The number of nitrogens with zero attached hydrogens (tertiary/aromatic N) is 1. The Labute approximate surface area is 106 Å². The van der Waals surface area contributed by atoms with Crippen molar-refractivity contribution in [3.63, 3.8) is 0 Å². The molecule has 2 aliphatic heterocycles. The maximum Gasteiger partial charge on any atom is 0.210 e. The molecule has 92 valence electrons. The molecule has 1 N–H and O–H groups in total. The van der Waals surface area contributed by atoms with Gasteiger partial charge in [-0.3, -0.25) is 4.79 Å². The van der Waals surface area contributed by atoms with Crippen LogP contribution < -0.4 is 0 Å². The van der Waals surface area contributed by atoms with E-state index in [1.807, 2.05) is 4.90 Å². The molecular formula is C15H16N2O. The molecule has 2 atom stereocenters. The lowest BCUT2D eigenvalue weighted by atomic mass is 9.97. The maximum absolute atomic E-state index is 11.3. The fourth-order valence-corrected chi connectivity index (χ4v) is 3.72. The third-order valence-electron chi connectivity index (χ3n) is 4.53. The molecule has 2 bridgehead atoms. The number of benzene rings is 1. The topological polar surface area (TPSA) is 36.1 Å². The number of H-pyrrole nitrogens is 1. The number of nitrogens with one attached hydrogen (secondary N) is 1. The molecule has 0 radical (unpaired) electrons. The van der Waals surface area contributed by atoms with E-state index in [1.54, 1.807) is 0 Å². The summed E-state index contributed by atoms with van der Waals surface area (Å²) in [4.78, 5) is 16.8. The average molecular weight is 240 g/mol. The van der Waals surface area contributed by atoms with Gasteiger partial charge in [0.15, 0.2) is 0 Å². The molecule has 3 heteroatoms. The van der Waals surface area contributed by atoms with E-state index in [0.717, 1.165) is 25.7 Å². The predicted molar refractivity (Wildman–Crippen MR) is 70.4 cm³/mol. The molecule has 1 saturated heterocycles. The van der Waals surface area contributed by atoms with E-state index in [2.05, 4.69) is 30.1 Å². The number of amides is 1.